The summed E-state index contributed by atoms with van der Waals surface area (Å²) in [4.78, 5) is 30.5. The number of amides is 1. The van der Waals surface area contributed by atoms with Crippen molar-refractivity contribution in [2.45, 2.75) is 64.8 Å². The van der Waals surface area contributed by atoms with Crippen molar-refractivity contribution < 1.29 is 14.3 Å². The van der Waals surface area contributed by atoms with Crippen molar-refractivity contribution in [2.24, 2.45) is 11.8 Å². The monoisotopic (exact) mass is 360 g/mol. The first-order chi connectivity index (χ1) is 12.6. The fourth-order valence-electron chi connectivity index (χ4n) is 3.75. The molecule has 0 aliphatic heterocycles. The van der Waals surface area contributed by atoms with Crippen LogP contribution < -0.4 is 0 Å². The van der Waals surface area contributed by atoms with Crippen LogP contribution in [0.25, 0.3) is 0 Å². The van der Waals surface area contributed by atoms with Gasteiger partial charge in [-0.15, -0.1) is 0 Å². The average Bonchev–Trinajstić information content (AvgIpc) is 2.69. The number of rotatable bonds is 9. The summed E-state index contributed by atoms with van der Waals surface area (Å²) in [6.07, 6.45) is 11.8. The van der Waals surface area contributed by atoms with Gasteiger partial charge in [-0.1, -0.05) is 26.2 Å². The normalized spacial score (nSPS) is 19.8. The van der Waals surface area contributed by atoms with E-state index < -0.39 is 0 Å². The maximum absolute atomic E-state index is 13.1. The fourth-order valence-corrected chi connectivity index (χ4v) is 3.75. The van der Waals surface area contributed by atoms with E-state index in [1.54, 1.807) is 12.4 Å². The lowest BCUT2D eigenvalue weighted by atomic mass is 9.79. The van der Waals surface area contributed by atoms with Gasteiger partial charge in [0.1, 0.15) is 0 Å². The van der Waals surface area contributed by atoms with Gasteiger partial charge in [0.15, 0.2) is 0 Å². The second-order valence-corrected chi connectivity index (χ2v) is 7.30. The molecule has 5 nitrogen and oxygen atoms in total. The largest absolute Gasteiger partial charge is 0.469 e. The van der Waals surface area contributed by atoms with E-state index in [4.69, 9.17) is 4.74 Å². The zero-order valence-corrected chi connectivity index (χ0v) is 16.2. The molecular weight excluding hydrogens is 328 g/mol. The summed E-state index contributed by atoms with van der Waals surface area (Å²) in [5.74, 6) is 0.774. The van der Waals surface area contributed by atoms with Crippen molar-refractivity contribution in [2.75, 3.05) is 13.7 Å². The second kappa shape index (κ2) is 10.9. The van der Waals surface area contributed by atoms with Gasteiger partial charge in [-0.2, -0.15) is 0 Å². The Balaban J connectivity index is 1.95. The summed E-state index contributed by atoms with van der Waals surface area (Å²) in [5.41, 5.74) is 1.04. The van der Waals surface area contributed by atoms with Crippen LogP contribution >= 0.6 is 0 Å². The molecular formula is C21H32N2O3. The molecule has 144 valence electrons. The highest BCUT2D eigenvalue weighted by Crippen LogP contribution is 2.33. The molecule has 1 heterocycles. The van der Waals surface area contributed by atoms with Crippen LogP contribution in [0, 0.1) is 11.8 Å². The highest BCUT2D eigenvalue weighted by molar-refractivity contribution is 5.79. The zero-order chi connectivity index (χ0) is 18.8. The van der Waals surface area contributed by atoms with E-state index in [1.807, 2.05) is 17.0 Å². The van der Waals surface area contributed by atoms with E-state index in [0.717, 1.165) is 37.2 Å². The number of pyridine rings is 1. The first-order valence-electron chi connectivity index (χ1n) is 9.88. The number of hydrogen-bond donors (Lipinski definition) is 0. The van der Waals surface area contributed by atoms with E-state index in [-0.39, 0.29) is 24.2 Å². The molecule has 1 aromatic rings. The predicted molar refractivity (Wildman–Crippen MR) is 101 cm³/mol. The van der Waals surface area contributed by atoms with Gasteiger partial charge in [-0.05, 0) is 49.3 Å². The molecule has 1 aliphatic rings. The molecule has 1 aliphatic carbocycles. The molecule has 5 heteroatoms. The van der Waals surface area contributed by atoms with Gasteiger partial charge >= 0.3 is 5.97 Å². The number of esters is 1. The number of ether oxygens (including phenoxy) is 1. The molecule has 0 unspecified atom stereocenters. The van der Waals surface area contributed by atoms with Gasteiger partial charge in [-0.3, -0.25) is 14.6 Å². The zero-order valence-electron chi connectivity index (χ0n) is 16.2. The number of nitrogens with zero attached hydrogens (tertiary/aromatic N) is 2. The van der Waals surface area contributed by atoms with Crippen molar-refractivity contribution in [3.63, 3.8) is 0 Å². The lowest BCUT2D eigenvalue weighted by Gasteiger charge is -2.32. The lowest BCUT2D eigenvalue weighted by molar-refractivity contribution is -0.143. The van der Waals surface area contributed by atoms with Crippen LogP contribution in [0.1, 0.15) is 63.9 Å². The Hall–Kier alpha value is -1.91. The molecule has 0 spiro atoms. The average molecular weight is 360 g/mol. The standard InChI is InChI=1S/C21H32N2O3/c1-3-4-5-17-6-8-19(9-7-17)21(25)23(15-12-20(24)26-2)16-18-10-13-22-14-11-18/h10-11,13-14,17,19H,3-9,12,15-16H2,1-2H3. The molecule has 1 saturated carbocycles. The van der Waals surface area contributed by atoms with Crippen LogP contribution in [0.2, 0.25) is 0 Å². The van der Waals surface area contributed by atoms with Gasteiger partial charge in [0, 0.05) is 31.4 Å². The van der Waals surface area contributed by atoms with E-state index in [1.165, 1.54) is 26.4 Å². The maximum Gasteiger partial charge on any atom is 0.307 e. The minimum atomic E-state index is -0.277. The van der Waals surface area contributed by atoms with E-state index in [2.05, 4.69) is 11.9 Å². The van der Waals surface area contributed by atoms with E-state index in [9.17, 15) is 9.59 Å². The van der Waals surface area contributed by atoms with Crippen molar-refractivity contribution >= 4 is 11.9 Å². The van der Waals surface area contributed by atoms with Crippen LogP contribution in [0.4, 0.5) is 0 Å². The van der Waals surface area contributed by atoms with Gasteiger partial charge in [0.25, 0.3) is 0 Å². The van der Waals surface area contributed by atoms with Gasteiger partial charge in [0.05, 0.1) is 13.5 Å². The van der Waals surface area contributed by atoms with Gasteiger partial charge in [-0.25, -0.2) is 0 Å². The Bertz CT molecular complexity index is 554. The third-order valence-corrected chi connectivity index (χ3v) is 5.41. The van der Waals surface area contributed by atoms with Crippen LogP contribution in [0.3, 0.4) is 0 Å². The number of carbonyl (C=O) groups excluding carboxylic acids is 2. The second-order valence-electron chi connectivity index (χ2n) is 7.30. The smallest absolute Gasteiger partial charge is 0.307 e. The third kappa shape index (κ3) is 6.43. The van der Waals surface area contributed by atoms with Crippen molar-refractivity contribution in [1.29, 1.82) is 0 Å². The highest BCUT2D eigenvalue weighted by atomic mass is 16.5. The SMILES string of the molecule is CCCCC1CCC(C(=O)N(CCC(=O)OC)Cc2ccncc2)CC1. The predicted octanol–water partition coefficient (Wildman–Crippen LogP) is 3.97. The van der Waals surface area contributed by atoms with Crippen LogP contribution in [-0.4, -0.2) is 35.4 Å². The van der Waals surface area contributed by atoms with Crippen LogP contribution in [-0.2, 0) is 20.9 Å². The molecule has 1 fully saturated rings. The Morgan fingerprint density at radius 2 is 1.88 bits per heavy atom. The quantitative estimate of drug-likeness (QED) is 0.625. The maximum atomic E-state index is 13.1. The number of hydrogen-bond acceptors (Lipinski definition) is 4. The van der Waals surface area contributed by atoms with Gasteiger partial charge < -0.3 is 9.64 Å². The minimum absolute atomic E-state index is 0.0901. The number of aromatic nitrogens is 1. The van der Waals surface area contributed by atoms with Crippen molar-refractivity contribution in [3.05, 3.63) is 30.1 Å². The summed E-state index contributed by atoms with van der Waals surface area (Å²) in [5, 5.41) is 0. The van der Waals surface area contributed by atoms with E-state index >= 15 is 0 Å². The molecule has 0 saturated heterocycles. The fraction of sp³-hybridized carbons (Fsp3) is 0.667. The molecule has 26 heavy (non-hydrogen) atoms. The Morgan fingerprint density at radius 1 is 1.19 bits per heavy atom. The topological polar surface area (TPSA) is 59.5 Å². The molecule has 0 N–H and O–H groups in total. The third-order valence-electron chi connectivity index (χ3n) is 5.41. The summed E-state index contributed by atoms with van der Waals surface area (Å²) < 4.78 is 4.74. The Labute approximate surface area is 157 Å². The molecule has 0 bridgehead atoms. The molecule has 0 aromatic carbocycles. The number of methoxy groups -OCH3 is 1. The van der Waals surface area contributed by atoms with Crippen LogP contribution in [0.5, 0.6) is 0 Å². The number of unbranched alkanes of at least 4 members (excludes halogenated alkanes) is 1. The molecule has 0 radical (unpaired) electrons. The van der Waals surface area contributed by atoms with Crippen molar-refractivity contribution in [3.8, 4) is 0 Å². The summed E-state index contributed by atoms with van der Waals surface area (Å²) in [6.45, 7) is 3.16. The molecule has 0 atom stereocenters. The Kier molecular flexibility index (Phi) is 8.59. The summed E-state index contributed by atoms with van der Waals surface area (Å²) in [6, 6.07) is 3.83. The summed E-state index contributed by atoms with van der Waals surface area (Å²) in [7, 11) is 1.38. The first kappa shape index (κ1) is 20.4. The van der Waals surface area contributed by atoms with Gasteiger partial charge in [0.2, 0.25) is 5.91 Å². The summed E-state index contributed by atoms with van der Waals surface area (Å²) >= 11 is 0. The Morgan fingerprint density at radius 3 is 2.50 bits per heavy atom. The minimum Gasteiger partial charge on any atom is -0.469 e. The lowest BCUT2D eigenvalue weighted by Crippen LogP contribution is -2.38. The highest BCUT2D eigenvalue weighted by Gasteiger charge is 2.29. The molecule has 1 amide bonds. The van der Waals surface area contributed by atoms with Crippen molar-refractivity contribution in [1.82, 2.24) is 9.88 Å². The molecule has 1 aromatic heterocycles. The first-order valence-corrected chi connectivity index (χ1v) is 9.88. The van der Waals surface area contributed by atoms with Crippen LogP contribution in [0.15, 0.2) is 24.5 Å². The van der Waals surface area contributed by atoms with E-state index in [0.29, 0.717) is 13.1 Å². The molecule has 2 rings (SSSR count). The number of carbonyl (C=O) groups is 2.